The zero-order chi connectivity index (χ0) is 17.5. The molecule has 3 aromatic rings. The Bertz CT molecular complexity index is 795. The maximum atomic E-state index is 4.38. The van der Waals surface area contributed by atoms with E-state index in [1.807, 2.05) is 22.8 Å². The maximum absolute atomic E-state index is 4.38. The molecule has 132 valence electrons. The van der Waals surface area contributed by atoms with Gasteiger partial charge >= 0.3 is 0 Å². The van der Waals surface area contributed by atoms with Crippen molar-refractivity contribution in [2.75, 3.05) is 31.5 Å². The van der Waals surface area contributed by atoms with E-state index in [4.69, 9.17) is 0 Å². The van der Waals surface area contributed by atoms with Crippen molar-refractivity contribution in [3.8, 4) is 5.82 Å². The highest BCUT2D eigenvalue weighted by Gasteiger charge is 2.07. The molecule has 7 nitrogen and oxygen atoms in total. The Morgan fingerprint density at radius 3 is 2.80 bits per heavy atom. The van der Waals surface area contributed by atoms with Crippen molar-refractivity contribution in [3.63, 3.8) is 0 Å². The highest BCUT2D eigenvalue weighted by molar-refractivity contribution is 5.72. The van der Waals surface area contributed by atoms with Crippen molar-refractivity contribution in [2.45, 2.75) is 26.7 Å². The van der Waals surface area contributed by atoms with Crippen LogP contribution < -0.4 is 5.32 Å². The van der Waals surface area contributed by atoms with Gasteiger partial charge in [-0.05, 0) is 44.6 Å². The number of aromatic nitrogens is 5. The Morgan fingerprint density at radius 1 is 1.08 bits per heavy atom. The molecule has 0 spiro atoms. The largest absolute Gasteiger partial charge is 0.370 e. The molecule has 0 aromatic carbocycles. The minimum absolute atomic E-state index is 0.766. The summed E-state index contributed by atoms with van der Waals surface area (Å²) < 4.78 is 1.88. The molecular formula is C18H25N7. The molecule has 1 N–H and O–H groups in total. The zero-order valence-corrected chi connectivity index (χ0v) is 14.9. The predicted molar refractivity (Wildman–Crippen MR) is 100.0 cm³/mol. The van der Waals surface area contributed by atoms with Crippen LogP contribution in [0.2, 0.25) is 0 Å². The quantitative estimate of drug-likeness (QED) is 0.604. The van der Waals surface area contributed by atoms with Gasteiger partial charge in [-0.15, -0.1) is 0 Å². The summed E-state index contributed by atoms with van der Waals surface area (Å²) in [6, 6.07) is 5.75. The summed E-state index contributed by atoms with van der Waals surface area (Å²) in [4.78, 5) is 19.8. The van der Waals surface area contributed by atoms with E-state index in [-0.39, 0.29) is 0 Å². The highest BCUT2D eigenvalue weighted by atomic mass is 15.2. The van der Waals surface area contributed by atoms with Gasteiger partial charge in [0.1, 0.15) is 29.8 Å². The summed E-state index contributed by atoms with van der Waals surface area (Å²) in [5.74, 6) is 1.59. The van der Waals surface area contributed by atoms with E-state index >= 15 is 0 Å². The van der Waals surface area contributed by atoms with E-state index in [1.54, 1.807) is 18.9 Å². The lowest BCUT2D eigenvalue weighted by Gasteiger charge is -2.17. The van der Waals surface area contributed by atoms with Gasteiger partial charge in [0.05, 0.1) is 0 Å². The van der Waals surface area contributed by atoms with E-state index in [0.29, 0.717) is 0 Å². The topological polar surface area (TPSA) is 71.8 Å². The second-order valence-electron chi connectivity index (χ2n) is 5.88. The maximum Gasteiger partial charge on any atom is 0.165 e. The number of rotatable bonds is 9. The second-order valence-corrected chi connectivity index (χ2v) is 5.88. The normalized spacial score (nSPS) is 11.3. The van der Waals surface area contributed by atoms with Gasteiger partial charge in [-0.25, -0.2) is 19.9 Å². The standard InChI is InChI=1S/C18H25N7/c1-3-24(4-2)11-6-5-9-19-16-12-17(22-13-21-16)25-14-23-15-8-7-10-20-18(15)25/h7-8,10,12-14H,3-6,9,11H2,1-2H3,(H,19,21,22). The van der Waals surface area contributed by atoms with Crippen LogP contribution in [0.5, 0.6) is 0 Å². The van der Waals surface area contributed by atoms with Crippen LogP contribution in [0.1, 0.15) is 26.7 Å². The number of unbranched alkanes of at least 4 members (excludes halogenated alkanes) is 1. The van der Waals surface area contributed by atoms with Crippen molar-refractivity contribution in [3.05, 3.63) is 37.1 Å². The summed E-state index contributed by atoms with van der Waals surface area (Å²) in [6.45, 7) is 8.70. The summed E-state index contributed by atoms with van der Waals surface area (Å²) in [7, 11) is 0. The predicted octanol–water partition coefficient (Wildman–Crippen LogP) is 2.74. The Balaban J connectivity index is 1.59. The van der Waals surface area contributed by atoms with E-state index in [1.165, 1.54) is 6.42 Å². The Hall–Kier alpha value is -2.54. The van der Waals surface area contributed by atoms with Gasteiger partial charge in [-0.1, -0.05) is 13.8 Å². The number of hydrogen-bond donors (Lipinski definition) is 1. The smallest absolute Gasteiger partial charge is 0.165 e. The van der Waals surface area contributed by atoms with Crippen LogP contribution in [0.25, 0.3) is 17.0 Å². The molecule has 0 aliphatic carbocycles. The number of fused-ring (bicyclic) bond motifs is 1. The number of hydrogen-bond acceptors (Lipinski definition) is 6. The third kappa shape index (κ3) is 4.30. The van der Waals surface area contributed by atoms with Crippen LogP contribution in [-0.4, -0.2) is 55.6 Å². The lowest BCUT2D eigenvalue weighted by atomic mass is 10.3. The van der Waals surface area contributed by atoms with Crippen LogP contribution in [0.4, 0.5) is 5.82 Å². The Labute approximate surface area is 148 Å². The van der Waals surface area contributed by atoms with Crippen LogP contribution in [0, 0.1) is 0 Å². The Kier molecular flexibility index (Phi) is 5.90. The van der Waals surface area contributed by atoms with Crippen LogP contribution in [0.3, 0.4) is 0 Å². The molecule has 0 aliphatic heterocycles. The van der Waals surface area contributed by atoms with Gasteiger partial charge in [-0.3, -0.25) is 4.57 Å². The monoisotopic (exact) mass is 339 g/mol. The lowest BCUT2D eigenvalue weighted by molar-refractivity contribution is 0.298. The number of anilines is 1. The third-order valence-corrected chi connectivity index (χ3v) is 4.31. The van der Waals surface area contributed by atoms with Gasteiger partial charge < -0.3 is 10.2 Å². The van der Waals surface area contributed by atoms with Crippen molar-refractivity contribution in [1.82, 2.24) is 29.4 Å². The van der Waals surface area contributed by atoms with E-state index in [2.05, 4.69) is 44.0 Å². The molecule has 3 rings (SSSR count). The van der Waals surface area contributed by atoms with Crippen LogP contribution in [-0.2, 0) is 0 Å². The first-order valence-corrected chi connectivity index (χ1v) is 8.88. The zero-order valence-electron chi connectivity index (χ0n) is 14.9. The number of imidazole rings is 1. The molecule has 0 atom stereocenters. The second kappa shape index (κ2) is 8.53. The van der Waals surface area contributed by atoms with Crippen molar-refractivity contribution in [2.24, 2.45) is 0 Å². The van der Waals surface area contributed by atoms with E-state index < -0.39 is 0 Å². The SMILES string of the molecule is CCN(CC)CCCCNc1cc(-n2cnc3cccnc32)ncn1. The molecule has 0 aliphatic rings. The highest BCUT2D eigenvalue weighted by Crippen LogP contribution is 2.15. The lowest BCUT2D eigenvalue weighted by Crippen LogP contribution is -2.24. The molecule has 0 amide bonds. The van der Waals surface area contributed by atoms with Crippen LogP contribution >= 0.6 is 0 Å². The van der Waals surface area contributed by atoms with Crippen LogP contribution in [0.15, 0.2) is 37.1 Å². The molecule has 3 aromatic heterocycles. The molecule has 0 saturated heterocycles. The summed E-state index contributed by atoms with van der Waals surface area (Å²) >= 11 is 0. The molecule has 7 heteroatoms. The molecule has 0 bridgehead atoms. The number of nitrogens with one attached hydrogen (secondary N) is 1. The van der Waals surface area contributed by atoms with E-state index in [9.17, 15) is 0 Å². The van der Waals surface area contributed by atoms with Crippen molar-refractivity contribution in [1.29, 1.82) is 0 Å². The van der Waals surface area contributed by atoms with E-state index in [0.717, 1.165) is 55.4 Å². The van der Waals surface area contributed by atoms with Gasteiger partial charge in [0, 0.05) is 18.8 Å². The first-order valence-electron chi connectivity index (χ1n) is 8.88. The summed E-state index contributed by atoms with van der Waals surface area (Å²) in [6.07, 6.45) is 7.38. The Morgan fingerprint density at radius 2 is 1.96 bits per heavy atom. The van der Waals surface area contributed by atoms with Gasteiger partial charge in [0.25, 0.3) is 0 Å². The fraction of sp³-hybridized carbons (Fsp3) is 0.444. The first kappa shape index (κ1) is 17.3. The molecule has 0 saturated carbocycles. The van der Waals surface area contributed by atoms with Crippen molar-refractivity contribution >= 4 is 17.0 Å². The molecule has 0 unspecified atom stereocenters. The first-order chi connectivity index (χ1) is 12.3. The average Bonchev–Trinajstić information content (AvgIpc) is 3.09. The number of nitrogens with zero attached hydrogens (tertiary/aromatic N) is 6. The molecule has 3 heterocycles. The fourth-order valence-corrected chi connectivity index (χ4v) is 2.81. The minimum Gasteiger partial charge on any atom is -0.370 e. The minimum atomic E-state index is 0.766. The fourth-order valence-electron chi connectivity index (χ4n) is 2.81. The summed E-state index contributed by atoms with van der Waals surface area (Å²) in [5, 5.41) is 3.38. The van der Waals surface area contributed by atoms with Crippen molar-refractivity contribution < 1.29 is 0 Å². The third-order valence-electron chi connectivity index (χ3n) is 4.31. The molecular weight excluding hydrogens is 314 g/mol. The van der Waals surface area contributed by atoms with Gasteiger partial charge in [0.15, 0.2) is 5.65 Å². The molecule has 0 fully saturated rings. The molecule has 25 heavy (non-hydrogen) atoms. The molecule has 0 radical (unpaired) electrons. The van der Waals surface area contributed by atoms with Gasteiger partial charge in [0.2, 0.25) is 0 Å². The average molecular weight is 339 g/mol. The summed E-state index contributed by atoms with van der Waals surface area (Å²) in [5.41, 5.74) is 1.65. The van der Waals surface area contributed by atoms with Gasteiger partial charge in [-0.2, -0.15) is 0 Å². The number of pyridine rings is 1.